The fourth-order valence-electron chi connectivity index (χ4n) is 10.9. The molecule has 12 nitrogen and oxygen atoms in total. The molecule has 0 saturated carbocycles. The molecule has 0 aromatic heterocycles. The van der Waals surface area contributed by atoms with E-state index in [4.69, 9.17) is 25.7 Å². The second-order valence-corrected chi connectivity index (χ2v) is 21.2. The lowest BCUT2D eigenvalue weighted by molar-refractivity contribution is -0.174. The molecule has 0 spiro atoms. The molecule has 3 aliphatic rings. The molecule has 15 heteroatoms. The first-order valence-electron chi connectivity index (χ1n) is 28.8. The van der Waals surface area contributed by atoms with Crippen molar-refractivity contribution >= 4 is 23.7 Å². The van der Waals surface area contributed by atoms with Gasteiger partial charge in [-0.2, -0.15) is 0 Å². The van der Waals surface area contributed by atoms with Crippen LogP contribution in [0.5, 0.6) is 0 Å². The van der Waals surface area contributed by atoms with Gasteiger partial charge in [-0.25, -0.2) is 13.2 Å². The Morgan fingerprint density at radius 1 is 0.452 bits per heavy atom. The Bertz CT molecular complexity index is 2980. The topological polar surface area (TPSA) is 153 Å². The van der Waals surface area contributed by atoms with Crippen molar-refractivity contribution in [2.24, 2.45) is 16.5 Å². The number of allylic oxidation sites excluding steroid dienone is 1. The van der Waals surface area contributed by atoms with Crippen molar-refractivity contribution in [2.75, 3.05) is 34.2 Å². The summed E-state index contributed by atoms with van der Waals surface area (Å²) >= 11 is 0. The molecule has 9 rings (SSSR count). The molecule has 0 aliphatic carbocycles. The van der Waals surface area contributed by atoms with Crippen molar-refractivity contribution < 1.29 is 41.8 Å². The minimum absolute atomic E-state index is 0.0137. The summed E-state index contributed by atoms with van der Waals surface area (Å²) in [6.07, 6.45) is 5.57. The number of rotatable bonds is 19. The van der Waals surface area contributed by atoms with Gasteiger partial charge >= 0.3 is 17.9 Å². The Morgan fingerprint density at radius 2 is 0.714 bits per heavy atom. The first-order chi connectivity index (χ1) is 40.7. The predicted molar refractivity (Wildman–Crippen MR) is 325 cm³/mol. The zero-order chi connectivity index (χ0) is 60.0. The summed E-state index contributed by atoms with van der Waals surface area (Å²) in [6, 6.07) is 56.2. The largest absolute Gasteiger partial charge is 0.454 e. The van der Waals surface area contributed by atoms with Crippen LogP contribution in [0.1, 0.15) is 129 Å². The molecule has 0 radical (unpaired) electrons. The maximum atomic E-state index is 14.6. The first kappa shape index (κ1) is 63.6. The second kappa shape index (κ2) is 32.2. The second-order valence-electron chi connectivity index (χ2n) is 21.2. The maximum Gasteiger partial charge on any atom is 0.324 e. The molecule has 3 aliphatic heterocycles. The van der Waals surface area contributed by atoms with Gasteiger partial charge in [-0.1, -0.05) is 214 Å². The highest BCUT2D eigenvalue weighted by molar-refractivity contribution is 5.79. The van der Waals surface area contributed by atoms with Crippen molar-refractivity contribution in [3.63, 3.8) is 0 Å². The number of nitrogens with zero attached hydrogens (tertiary/aromatic N) is 4. The average molecular weight is 1150 g/mol. The number of halogens is 3. The van der Waals surface area contributed by atoms with Crippen LogP contribution in [0.2, 0.25) is 0 Å². The van der Waals surface area contributed by atoms with Crippen molar-refractivity contribution in [3.05, 3.63) is 251 Å². The number of morpholine rings is 3. The maximum absolute atomic E-state index is 14.6. The molecule has 0 amide bonds. The fourth-order valence-corrected chi connectivity index (χ4v) is 10.9. The molecule has 6 aromatic carbocycles. The lowest BCUT2D eigenvalue weighted by atomic mass is 9.91. The molecule has 3 heterocycles. The summed E-state index contributed by atoms with van der Waals surface area (Å²) in [6.45, 7) is 4.49. The number of carbonyl (C=O) groups is 3. The van der Waals surface area contributed by atoms with Gasteiger partial charge in [0.15, 0.2) is 0 Å². The van der Waals surface area contributed by atoms with E-state index in [1.165, 1.54) is 12.2 Å². The Hall–Kier alpha value is -7.95. The number of likely N-dealkylation sites (N-methyl/N-ethyl adjacent to an activating group) is 3. The van der Waals surface area contributed by atoms with E-state index in [1.807, 2.05) is 225 Å². The van der Waals surface area contributed by atoms with Crippen molar-refractivity contribution in [2.45, 2.75) is 113 Å². The number of nitrogens with two attached hydrogens (primary N) is 2. The van der Waals surface area contributed by atoms with E-state index in [0.717, 1.165) is 39.8 Å². The zero-order valence-electron chi connectivity index (χ0n) is 48.6. The van der Waals surface area contributed by atoms with Gasteiger partial charge in [0.2, 0.25) is 0 Å². The number of amidine groups is 1. The van der Waals surface area contributed by atoms with Crippen LogP contribution in [0.3, 0.4) is 0 Å². The molecular weight excluding hydrogens is 1070 g/mol. The van der Waals surface area contributed by atoms with Gasteiger partial charge in [0.05, 0.1) is 41.4 Å². The molecule has 4 N–H and O–H groups in total. The van der Waals surface area contributed by atoms with Crippen LogP contribution in [0.25, 0.3) is 0 Å². The smallest absolute Gasteiger partial charge is 0.324 e. The minimum Gasteiger partial charge on any atom is -0.454 e. The first-order valence-corrected chi connectivity index (χ1v) is 28.8. The van der Waals surface area contributed by atoms with Crippen LogP contribution >= 0.6 is 0 Å². The predicted octanol–water partition coefficient (Wildman–Crippen LogP) is 13.6. The number of esters is 3. The number of ether oxygens (including phenoxy) is 3. The third-order valence-corrected chi connectivity index (χ3v) is 15.2. The van der Waals surface area contributed by atoms with E-state index < -0.39 is 48.4 Å². The van der Waals surface area contributed by atoms with Crippen LogP contribution in [-0.4, -0.2) is 90.8 Å². The number of hydrogen-bond acceptors (Lipinski definition) is 11. The summed E-state index contributed by atoms with van der Waals surface area (Å²) in [5, 5.41) is 0. The molecule has 6 aromatic rings. The summed E-state index contributed by atoms with van der Waals surface area (Å²) in [5.74, 6) is -1.67. The number of hydrogen-bond donors (Lipinski definition) is 2. The Kier molecular flexibility index (Phi) is 24.4. The van der Waals surface area contributed by atoms with E-state index in [0.29, 0.717) is 38.2 Å². The van der Waals surface area contributed by atoms with Gasteiger partial charge in [0.25, 0.3) is 0 Å². The Labute approximate surface area is 493 Å². The Morgan fingerprint density at radius 3 is 0.976 bits per heavy atom. The summed E-state index contributed by atoms with van der Waals surface area (Å²) in [5.41, 5.74) is 16.8. The minimum atomic E-state index is -0.703. The van der Waals surface area contributed by atoms with E-state index >= 15 is 0 Å². The fraction of sp³-hybridized carbons (Fsp3) is 0.333. The number of aliphatic imine (C=N–C) groups is 1. The van der Waals surface area contributed by atoms with Crippen molar-refractivity contribution in [1.29, 1.82) is 0 Å². The van der Waals surface area contributed by atoms with Gasteiger partial charge < -0.3 is 25.7 Å². The third-order valence-electron chi connectivity index (χ3n) is 15.2. The standard InChI is InChI=1S/C24H28FN3O2.C23H26FNO2.C22H25FN2O2/c1-17(26)27-15-9-14-20(25)16-21-24(29)30-23(19-12-7-4-8-13-19)22(28(21)2)18-10-5-3-6-11-18;1-3-4-15-19(24)16-20-23(26)27-22(18-13-9-6-10-14-18)21(25(20)2)17-11-7-5-8-12-17;1-25-19(15-18(23)13-8-14-24)22(26)27-21(17-11-6-3-7-12-17)20(25)16-9-4-2-5-10-16/h3-8,10-14,21-23H,9,15-16H2,1-2H3,(H2,26,27);5-15,20-22H,3-4,16H2,1-2H3;2-7,9-13,19-21H,8,14-15,24H2,1H3. The summed E-state index contributed by atoms with van der Waals surface area (Å²) in [7, 11) is 5.59. The van der Waals surface area contributed by atoms with E-state index in [-0.39, 0.29) is 60.8 Å². The summed E-state index contributed by atoms with van der Waals surface area (Å²) < 4.78 is 60.6. The van der Waals surface area contributed by atoms with Gasteiger partial charge in [-0.05, 0) is 87.3 Å². The highest BCUT2D eigenvalue weighted by atomic mass is 19.1. The monoisotopic (exact) mass is 1140 g/mol. The highest BCUT2D eigenvalue weighted by Crippen LogP contribution is 2.45. The van der Waals surface area contributed by atoms with Gasteiger partial charge in [0.1, 0.15) is 36.4 Å². The number of unbranched alkanes of at least 4 members (excludes halogenated alkanes) is 1. The van der Waals surface area contributed by atoms with Gasteiger partial charge in [-0.15, -0.1) is 0 Å². The van der Waals surface area contributed by atoms with E-state index in [1.54, 1.807) is 13.0 Å². The van der Waals surface area contributed by atoms with Crippen LogP contribution < -0.4 is 11.5 Å². The Balaban J connectivity index is 0.000000181. The SMILES string of the molecule is CC(N)=NCCC=C(F)CC1C(=O)OC(c2ccccc2)C(c2ccccc2)N1C.CCCC=C(F)CC1C(=O)OC(c2ccccc2)C(c2ccccc2)N1C.CN1C(CC(F)=CCCN)C(=O)OC(c2ccccc2)C1c1ccccc1. The van der Waals surface area contributed by atoms with Crippen LogP contribution in [0, 0.1) is 0 Å². The number of benzene rings is 6. The number of cyclic esters (lactones) is 3. The molecule has 3 saturated heterocycles. The lowest BCUT2D eigenvalue weighted by Crippen LogP contribution is -2.49. The van der Waals surface area contributed by atoms with Crippen molar-refractivity contribution in [1.82, 2.24) is 14.7 Å². The quantitative estimate of drug-likeness (QED) is 0.0262. The van der Waals surface area contributed by atoms with Crippen LogP contribution in [-0.2, 0) is 28.6 Å². The molecular formula is C69H79F3N6O6. The van der Waals surface area contributed by atoms with Gasteiger partial charge in [-0.3, -0.25) is 34.1 Å². The van der Waals surface area contributed by atoms with Crippen LogP contribution in [0.15, 0.2) is 223 Å². The highest BCUT2D eigenvalue weighted by Gasteiger charge is 2.46. The zero-order valence-corrected chi connectivity index (χ0v) is 48.6. The van der Waals surface area contributed by atoms with E-state index in [2.05, 4.69) is 4.99 Å². The molecule has 9 unspecified atom stereocenters. The number of carbonyl (C=O) groups excluding carboxylic acids is 3. The lowest BCUT2D eigenvalue weighted by Gasteiger charge is -2.43. The van der Waals surface area contributed by atoms with E-state index in [9.17, 15) is 27.6 Å². The average Bonchev–Trinajstić information content (AvgIpc) is 3.35. The summed E-state index contributed by atoms with van der Waals surface area (Å²) in [4.78, 5) is 48.1. The third kappa shape index (κ3) is 17.3. The van der Waals surface area contributed by atoms with Crippen LogP contribution in [0.4, 0.5) is 13.2 Å². The normalized spacial score (nSPS) is 23.7. The molecule has 0 bridgehead atoms. The molecule has 3 fully saturated rings. The molecule has 84 heavy (non-hydrogen) atoms. The van der Waals surface area contributed by atoms with Crippen molar-refractivity contribution in [3.8, 4) is 0 Å². The molecule has 9 atom stereocenters. The molecule has 442 valence electrons. The van der Waals surface area contributed by atoms with Gasteiger partial charge in [0, 0.05) is 25.8 Å².